The molecule has 0 unspecified atom stereocenters. The molecular weight excluding hydrogens is 391 g/mol. The number of nitrogens with one attached hydrogen (secondary N) is 1. The average molecular weight is 405 g/mol. The summed E-state index contributed by atoms with van der Waals surface area (Å²) >= 11 is 1.05. The second-order valence-corrected chi connectivity index (χ2v) is 6.87. The Morgan fingerprint density at radius 1 is 1.07 bits per heavy atom. The van der Waals surface area contributed by atoms with Gasteiger partial charge in [0.2, 0.25) is 0 Å². The van der Waals surface area contributed by atoms with Crippen LogP contribution in [0.5, 0.6) is 0 Å². The van der Waals surface area contributed by atoms with Gasteiger partial charge in [0, 0.05) is 5.56 Å². The molecule has 0 aliphatic rings. The van der Waals surface area contributed by atoms with Gasteiger partial charge in [-0.15, -0.1) is 11.3 Å². The van der Waals surface area contributed by atoms with E-state index in [1.54, 1.807) is 25.1 Å². The second-order valence-electron chi connectivity index (χ2n) is 5.87. The van der Waals surface area contributed by atoms with E-state index in [0.717, 1.165) is 23.5 Å². The fourth-order valence-electron chi connectivity index (χ4n) is 2.52. The lowest BCUT2D eigenvalue weighted by molar-refractivity contribution is -0.137. The summed E-state index contributed by atoms with van der Waals surface area (Å²) in [6, 6.07) is 10.9. The molecular formula is C19H14F3N3O2S. The van der Waals surface area contributed by atoms with Crippen LogP contribution in [0.25, 0.3) is 10.6 Å². The van der Waals surface area contributed by atoms with E-state index < -0.39 is 23.6 Å². The van der Waals surface area contributed by atoms with Crippen molar-refractivity contribution in [2.45, 2.75) is 13.1 Å². The predicted octanol–water partition coefficient (Wildman–Crippen LogP) is 4.49. The molecule has 1 aromatic heterocycles. The molecule has 0 bridgehead atoms. The Balaban J connectivity index is 1.86. The lowest BCUT2D eigenvalue weighted by Gasteiger charge is -2.07. The summed E-state index contributed by atoms with van der Waals surface area (Å²) in [5.41, 5.74) is 5.87. The summed E-state index contributed by atoms with van der Waals surface area (Å²) in [6.07, 6.45) is -4.42. The van der Waals surface area contributed by atoms with E-state index in [9.17, 15) is 22.8 Å². The maximum atomic E-state index is 12.7. The summed E-state index contributed by atoms with van der Waals surface area (Å²) < 4.78 is 38.1. The lowest BCUT2D eigenvalue weighted by Crippen LogP contribution is -2.18. The number of primary amides is 1. The smallest absolute Gasteiger partial charge is 0.366 e. The number of nitrogens with zero attached hydrogens (tertiary/aromatic N) is 1. The molecule has 2 aromatic carbocycles. The number of hydrogen-bond acceptors (Lipinski definition) is 4. The molecule has 28 heavy (non-hydrogen) atoms. The summed E-state index contributed by atoms with van der Waals surface area (Å²) in [6.45, 7) is 1.62. The number of thiazole rings is 1. The van der Waals surface area contributed by atoms with Crippen LogP contribution in [-0.4, -0.2) is 16.8 Å². The van der Waals surface area contributed by atoms with E-state index in [0.29, 0.717) is 16.3 Å². The molecule has 0 spiro atoms. The van der Waals surface area contributed by atoms with Crippen molar-refractivity contribution in [3.63, 3.8) is 0 Å². The fraction of sp³-hybridized carbons (Fsp3) is 0.105. The van der Waals surface area contributed by atoms with Crippen LogP contribution >= 0.6 is 11.3 Å². The molecule has 2 amide bonds. The van der Waals surface area contributed by atoms with Crippen molar-refractivity contribution in [3.05, 3.63) is 70.2 Å². The highest BCUT2D eigenvalue weighted by Gasteiger charge is 2.30. The van der Waals surface area contributed by atoms with Crippen LogP contribution in [0.3, 0.4) is 0 Å². The number of amides is 2. The second kappa shape index (κ2) is 7.43. The first-order chi connectivity index (χ1) is 13.2. The monoisotopic (exact) mass is 405 g/mol. The standard InChI is InChI=1S/C19H14F3N3O2S/c1-10-15(17(27)25-14-5-3-2-4-13(14)16(23)26)28-18(24-10)11-6-8-12(9-7-11)19(20,21)22/h2-9H,1H3,(H2,23,26)(H,25,27). The maximum absolute atomic E-state index is 12.7. The molecule has 0 saturated heterocycles. The number of anilines is 1. The summed E-state index contributed by atoms with van der Waals surface area (Å²) in [4.78, 5) is 28.6. The molecule has 0 saturated carbocycles. The van der Waals surface area contributed by atoms with Crippen molar-refractivity contribution < 1.29 is 22.8 Å². The molecule has 0 radical (unpaired) electrons. The molecule has 3 N–H and O–H groups in total. The number of hydrogen-bond donors (Lipinski definition) is 2. The molecule has 0 aliphatic carbocycles. The van der Waals surface area contributed by atoms with Crippen molar-refractivity contribution in [2.75, 3.05) is 5.32 Å². The third-order valence-electron chi connectivity index (χ3n) is 3.90. The van der Waals surface area contributed by atoms with Crippen LogP contribution in [-0.2, 0) is 6.18 Å². The fourth-order valence-corrected chi connectivity index (χ4v) is 3.49. The van der Waals surface area contributed by atoms with Gasteiger partial charge in [0.15, 0.2) is 0 Å². The van der Waals surface area contributed by atoms with Crippen LogP contribution in [0.15, 0.2) is 48.5 Å². The summed E-state index contributed by atoms with van der Waals surface area (Å²) in [5.74, 6) is -1.16. The zero-order valence-electron chi connectivity index (χ0n) is 14.5. The van der Waals surface area contributed by atoms with E-state index in [1.165, 1.54) is 18.2 Å². The quantitative estimate of drug-likeness (QED) is 0.671. The minimum absolute atomic E-state index is 0.168. The number of rotatable bonds is 4. The van der Waals surface area contributed by atoms with Gasteiger partial charge >= 0.3 is 6.18 Å². The van der Waals surface area contributed by atoms with Gasteiger partial charge in [-0.25, -0.2) is 4.98 Å². The van der Waals surface area contributed by atoms with Crippen molar-refractivity contribution in [1.29, 1.82) is 0 Å². The minimum Gasteiger partial charge on any atom is -0.366 e. The molecule has 9 heteroatoms. The largest absolute Gasteiger partial charge is 0.416 e. The van der Waals surface area contributed by atoms with Gasteiger partial charge in [0.1, 0.15) is 9.88 Å². The average Bonchev–Trinajstić information content (AvgIpc) is 3.03. The SMILES string of the molecule is Cc1nc(-c2ccc(C(F)(F)F)cc2)sc1C(=O)Nc1ccccc1C(N)=O. The van der Waals surface area contributed by atoms with Gasteiger partial charge in [0.25, 0.3) is 11.8 Å². The third-order valence-corrected chi connectivity index (χ3v) is 5.11. The Hall–Kier alpha value is -3.20. The van der Waals surface area contributed by atoms with Crippen LogP contribution < -0.4 is 11.1 Å². The Morgan fingerprint density at radius 2 is 1.71 bits per heavy atom. The van der Waals surface area contributed by atoms with Gasteiger partial charge < -0.3 is 11.1 Å². The van der Waals surface area contributed by atoms with Crippen molar-refractivity contribution in [3.8, 4) is 10.6 Å². The molecule has 0 aliphatic heterocycles. The normalized spacial score (nSPS) is 11.3. The van der Waals surface area contributed by atoms with Crippen LogP contribution in [0.4, 0.5) is 18.9 Å². The van der Waals surface area contributed by atoms with Gasteiger partial charge in [0.05, 0.1) is 22.5 Å². The highest BCUT2D eigenvalue weighted by atomic mass is 32.1. The Kier molecular flexibility index (Phi) is 5.19. The van der Waals surface area contributed by atoms with E-state index in [4.69, 9.17) is 5.73 Å². The molecule has 0 fully saturated rings. The summed E-state index contributed by atoms with van der Waals surface area (Å²) in [7, 11) is 0. The molecule has 0 atom stereocenters. The van der Waals surface area contributed by atoms with Crippen LogP contribution in [0.1, 0.15) is 31.3 Å². The Bertz CT molecular complexity index is 1040. The summed E-state index contributed by atoms with van der Waals surface area (Å²) in [5, 5.41) is 3.04. The molecule has 1 heterocycles. The van der Waals surface area contributed by atoms with Crippen molar-refractivity contribution in [1.82, 2.24) is 4.98 Å². The number of nitrogens with two attached hydrogens (primary N) is 1. The predicted molar refractivity (Wildman–Crippen MR) is 100 cm³/mol. The molecule has 3 rings (SSSR count). The number of halogens is 3. The van der Waals surface area contributed by atoms with E-state index in [2.05, 4.69) is 10.3 Å². The van der Waals surface area contributed by atoms with Crippen LogP contribution in [0.2, 0.25) is 0 Å². The topological polar surface area (TPSA) is 85.1 Å². The number of aryl methyl sites for hydroxylation is 1. The van der Waals surface area contributed by atoms with Gasteiger partial charge in [-0.05, 0) is 31.2 Å². The van der Waals surface area contributed by atoms with E-state index >= 15 is 0 Å². The highest BCUT2D eigenvalue weighted by molar-refractivity contribution is 7.17. The number of carbonyl (C=O) groups is 2. The number of benzene rings is 2. The Labute approximate surface area is 162 Å². The zero-order chi connectivity index (χ0) is 20.5. The maximum Gasteiger partial charge on any atom is 0.416 e. The third kappa shape index (κ3) is 4.04. The molecule has 144 valence electrons. The van der Waals surface area contributed by atoms with E-state index in [1.807, 2.05) is 0 Å². The van der Waals surface area contributed by atoms with Gasteiger partial charge in [-0.1, -0.05) is 24.3 Å². The van der Waals surface area contributed by atoms with Gasteiger partial charge in [-0.3, -0.25) is 9.59 Å². The first-order valence-corrected chi connectivity index (χ1v) is 8.83. The number of alkyl halides is 3. The molecule has 5 nitrogen and oxygen atoms in total. The molecule has 3 aromatic rings. The van der Waals surface area contributed by atoms with Crippen molar-refractivity contribution in [2.24, 2.45) is 5.73 Å². The first-order valence-electron chi connectivity index (χ1n) is 8.02. The minimum atomic E-state index is -4.42. The highest BCUT2D eigenvalue weighted by Crippen LogP contribution is 2.33. The number of para-hydroxylation sites is 1. The van der Waals surface area contributed by atoms with Gasteiger partial charge in [-0.2, -0.15) is 13.2 Å². The van der Waals surface area contributed by atoms with E-state index in [-0.39, 0.29) is 16.1 Å². The Morgan fingerprint density at radius 3 is 2.32 bits per heavy atom. The zero-order valence-corrected chi connectivity index (χ0v) is 15.3. The first kappa shape index (κ1) is 19.6. The lowest BCUT2D eigenvalue weighted by atomic mass is 10.1. The number of carbonyl (C=O) groups excluding carboxylic acids is 2. The number of aromatic nitrogens is 1. The van der Waals surface area contributed by atoms with Crippen molar-refractivity contribution >= 4 is 28.8 Å². The van der Waals surface area contributed by atoms with Crippen LogP contribution in [0, 0.1) is 6.92 Å².